The van der Waals surface area contributed by atoms with E-state index in [1.807, 2.05) is 29.2 Å². The summed E-state index contributed by atoms with van der Waals surface area (Å²) in [4.78, 5) is 42.6. The summed E-state index contributed by atoms with van der Waals surface area (Å²) in [6, 6.07) is 13.9. The summed E-state index contributed by atoms with van der Waals surface area (Å²) in [5, 5.41) is 4.01. The van der Waals surface area contributed by atoms with Gasteiger partial charge in [-0.25, -0.2) is 4.90 Å². The predicted molar refractivity (Wildman–Crippen MR) is 135 cm³/mol. The van der Waals surface area contributed by atoms with Crippen LogP contribution in [-0.4, -0.2) is 46.1 Å². The predicted octanol–water partition coefficient (Wildman–Crippen LogP) is 4.79. The van der Waals surface area contributed by atoms with Crippen LogP contribution in [0.5, 0.6) is 0 Å². The minimum atomic E-state index is -0.657. The number of piperidine rings is 1. The minimum Gasteiger partial charge on any atom is -0.338 e. The van der Waals surface area contributed by atoms with E-state index in [-0.39, 0.29) is 23.8 Å². The lowest BCUT2D eigenvalue weighted by atomic mass is 9.78. The topological polar surface area (TPSA) is 69.7 Å². The molecule has 7 heteroatoms. The van der Waals surface area contributed by atoms with Crippen LogP contribution in [0.25, 0.3) is 0 Å². The highest BCUT2D eigenvalue weighted by molar-refractivity contribution is 6.30. The van der Waals surface area contributed by atoms with Gasteiger partial charge in [0.15, 0.2) is 0 Å². The molecule has 2 heterocycles. The molecule has 1 saturated heterocycles. The Kier molecular flexibility index (Phi) is 7.02. The van der Waals surface area contributed by atoms with Gasteiger partial charge in [0.25, 0.3) is 11.8 Å². The number of nitrogens with one attached hydrogen (secondary N) is 1. The average Bonchev–Trinajstić information content (AvgIpc) is 3.14. The van der Waals surface area contributed by atoms with Crippen molar-refractivity contribution in [3.05, 3.63) is 82.5 Å². The van der Waals surface area contributed by atoms with Crippen molar-refractivity contribution in [2.75, 3.05) is 6.54 Å². The van der Waals surface area contributed by atoms with Crippen molar-refractivity contribution in [3.63, 3.8) is 0 Å². The van der Waals surface area contributed by atoms with E-state index in [9.17, 15) is 14.4 Å². The van der Waals surface area contributed by atoms with Crippen molar-refractivity contribution in [2.45, 2.75) is 57.2 Å². The van der Waals surface area contributed by atoms with E-state index in [2.05, 4.69) is 5.32 Å². The lowest BCUT2D eigenvalue weighted by molar-refractivity contribution is -0.138. The smallest absolute Gasteiger partial charge is 0.265 e. The number of carbonyl (C=O) groups excluding carboxylic acids is 3. The average molecular weight is 492 g/mol. The van der Waals surface area contributed by atoms with Crippen LogP contribution in [0.2, 0.25) is 5.02 Å². The number of amides is 3. The standard InChI is InChI=1S/C28H30ClN3O3/c29-21-13-11-19(12-14-21)18-30-24(28(35)31-16-5-7-20-6-1-4-10-25(20)31)15-17-32-26(33)22-8-2-3-9-23(22)27(32)34/h2-3,8-9,11-15,17,20,24-25,30H,1,4-7,10,16,18H2/b17-15+/t20-,24-,25?/m1/s1. The largest absolute Gasteiger partial charge is 0.338 e. The van der Waals surface area contributed by atoms with Crippen molar-refractivity contribution in [1.82, 2.24) is 15.1 Å². The number of imide groups is 1. The summed E-state index contributed by atoms with van der Waals surface area (Å²) in [7, 11) is 0. The molecule has 3 atom stereocenters. The maximum Gasteiger partial charge on any atom is 0.265 e. The van der Waals surface area contributed by atoms with Crippen LogP contribution >= 0.6 is 11.6 Å². The first-order chi connectivity index (χ1) is 17.0. The third-order valence-corrected chi connectivity index (χ3v) is 7.74. The molecule has 0 aromatic heterocycles. The monoisotopic (exact) mass is 491 g/mol. The molecule has 6 nitrogen and oxygen atoms in total. The Bertz CT molecular complexity index is 1110. The first kappa shape index (κ1) is 23.8. The van der Waals surface area contributed by atoms with Gasteiger partial charge in [0, 0.05) is 30.4 Å². The lowest BCUT2D eigenvalue weighted by Crippen LogP contribution is -2.55. The first-order valence-electron chi connectivity index (χ1n) is 12.5. The Balaban J connectivity index is 1.37. The Morgan fingerprint density at radius 2 is 1.63 bits per heavy atom. The Morgan fingerprint density at radius 3 is 2.34 bits per heavy atom. The molecule has 0 bridgehead atoms. The van der Waals surface area contributed by atoms with E-state index in [0.717, 1.165) is 36.3 Å². The van der Waals surface area contributed by atoms with Gasteiger partial charge in [-0.1, -0.05) is 48.7 Å². The number of nitrogens with zero attached hydrogens (tertiary/aromatic N) is 2. The van der Waals surface area contributed by atoms with Gasteiger partial charge in [0.1, 0.15) is 6.04 Å². The molecule has 35 heavy (non-hydrogen) atoms. The number of halogens is 1. The van der Waals surface area contributed by atoms with Gasteiger partial charge in [-0.15, -0.1) is 0 Å². The second-order valence-corrected chi connectivity index (χ2v) is 10.1. The van der Waals surface area contributed by atoms with Gasteiger partial charge in [-0.05, 0) is 67.5 Å². The molecule has 0 spiro atoms. The number of benzene rings is 2. The minimum absolute atomic E-state index is 0.00317. The SMILES string of the molecule is O=C1c2ccccc2C(=O)N1/C=C/[C@@H](NCc1ccc(Cl)cc1)C(=O)N1CCC[C@H]2CCCCC21. The van der Waals surface area contributed by atoms with Crippen LogP contribution < -0.4 is 5.32 Å². The van der Waals surface area contributed by atoms with E-state index in [0.29, 0.717) is 28.6 Å². The van der Waals surface area contributed by atoms with Gasteiger partial charge in [-0.2, -0.15) is 0 Å². The fraction of sp³-hybridized carbons (Fsp3) is 0.393. The van der Waals surface area contributed by atoms with Crippen LogP contribution in [0, 0.1) is 5.92 Å². The molecule has 0 radical (unpaired) electrons. The molecule has 182 valence electrons. The highest BCUT2D eigenvalue weighted by Gasteiger charge is 2.38. The highest BCUT2D eigenvalue weighted by Crippen LogP contribution is 2.35. The summed E-state index contributed by atoms with van der Waals surface area (Å²) in [6.07, 6.45) is 9.93. The van der Waals surface area contributed by atoms with Gasteiger partial charge in [0.2, 0.25) is 5.91 Å². The molecule has 2 fully saturated rings. The van der Waals surface area contributed by atoms with Gasteiger partial charge < -0.3 is 4.90 Å². The summed E-state index contributed by atoms with van der Waals surface area (Å²) >= 11 is 6.02. The fourth-order valence-electron chi connectivity index (χ4n) is 5.66. The third kappa shape index (κ3) is 4.91. The Labute approximate surface area is 210 Å². The molecule has 1 aliphatic carbocycles. The van der Waals surface area contributed by atoms with Crippen molar-refractivity contribution >= 4 is 29.3 Å². The van der Waals surface area contributed by atoms with Crippen molar-refractivity contribution in [2.24, 2.45) is 5.92 Å². The van der Waals surface area contributed by atoms with E-state index in [1.165, 1.54) is 25.5 Å². The Morgan fingerprint density at radius 1 is 0.971 bits per heavy atom. The first-order valence-corrected chi connectivity index (χ1v) is 12.8. The molecular weight excluding hydrogens is 462 g/mol. The van der Waals surface area contributed by atoms with Gasteiger partial charge in [0.05, 0.1) is 11.1 Å². The number of hydrogen-bond acceptors (Lipinski definition) is 4. The molecule has 3 aliphatic rings. The van der Waals surface area contributed by atoms with Crippen LogP contribution in [0.1, 0.15) is 64.8 Å². The van der Waals surface area contributed by atoms with Crippen molar-refractivity contribution < 1.29 is 14.4 Å². The van der Waals surface area contributed by atoms with E-state index >= 15 is 0 Å². The molecule has 5 rings (SSSR count). The van der Waals surface area contributed by atoms with Crippen LogP contribution in [-0.2, 0) is 11.3 Å². The van der Waals surface area contributed by atoms with Crippen LogP contribution in [0.15, 0.2) is 60.8 Å². The lowest BCUT2D eigenvalue weighted by Gasteiger charge is -2.45. The van der Waals surface area contributed by atoms with Crippen molar-refractivity contribution in [1.29, 1.82) is 0 Å². The summed E-state index contributed by atoms with van der Waals surface area (Å²) in [5.74, 6) is -0.158. The second-order valence-electron chi connectivity index (χ2n) is 9.64. The number of likely N-dealkylation sites (tertiary alicyclic amines) is 1. The number of rotatable bonds is 6. The number of hydrogen-bond donors (Lipinski definition) is 1. The Hall–Kier alpha value is -2.96. The zero-order valence-corrected chi connectivity index (χ0v) is 20.4. The molecule has 1 unspecified atom stereocenters. The van der Waals surface area contributed by atoms with Gasteiger partial charge >= 0.3 is 0 Å². The quantitative estimate of drug-likeness (QED) is 0.590. The maximum absolute atomic E-state index is 13.8. The maximum atomic E-state index is 13.8. The molecule has 2 aromatic rings. The third-order valence-electron chi connectivity index (χ3n) is 7.48. The highest BCUT2D eigenvalue weighted by atomic mass is 35.5. The van der Waals surface area contributed by atoms with E-state index in [4.69, 9.17) is 11.6 Å². The second kappa shape index (κ2) is 10.3. The number of fused-ring (bicyclic) bond motifs is 2. The normalized spacial score (nSPS) is 22.9. The fourth-order valence-corrected chi connectivity index (χ4v) is 5.79. The zero-order chi connectivity index (χ0) is 24.4. The summed E-state index contributed by atoms with van der Waals surface area (Å²) in [6.45, 7) is 1.21. The van der Waals surface area contributed by atoms with Gasteiger partial charge in [-0.3, -0.25) is 19.7 Å². The molecular formula is C28H30ClN3O3. The zero-order valence-electron chi connectivity index (χ0n) is 19.7. The molecule has 2 aliphatic heterocycles. The van der Waals surface area contributed by atoms with Crippen LogP contribution in [0.3, 0.4) is 0 Å². The molecule has 2 aromatic carbocycles. The summed E-state index contributed by atoms with van der Waals surface area (Å²) in [5.41, 5.74) is 1.77. The van der Waals surface area contributed by atoms with E-state index < -0.39 is 6.04 Å². The van der Waals surface area contributed by atoms with E-state index in [1.54, 1.807) is 30.3 Å². The van der Waals surface area contributed by atoms with Crippen molar-refractivity contribution in [3.8, 4) is 0 Å². The molecule has 1 saturated carbocycles. The molecule has 3 amide bonds. The molecule has 1 N–H and O–H groups in total. The summed E-state index contributed by atoms with van der Waals surface area (Å²) < 4.78 is 0. The van der Waals surface area contributed by atoms with Crippen LogP contribution in [0.4, 0.5) is 0 Å². The number of carbonyl (C=O) groups is 3.